The van der Waals surface area contributed by atoms with Crippen molar-refractivity contribution in [2.45, 2.75) is 19.3 Å². The molecule has 0 amide bonds. The van der Waals surface area contributed by atoms with Gasteiger partial charge in [-0.15, -0.1) is 0 Å². The lowest BCUT2D eigenvalue weighted by Crippen LogP contribution is -2.40. The van der Waals surface area contributed by atoms with E-state index in [9.17, 15) is 0 Å². The van der Waals surface area contributed by atoms with Crippen LogP contribution in [0.25, 0.3) is 0 Å². The Balaban J connectivity index is 1.88. The number of nitrogen functional groups attached to an aromatic ring is 1. The third-order valence-corrected chi connectivity index (χ3v) is 3.61. The molecular weight excluding hydrogens is 188 g/mol. The number of nitrogens with two attached hydrogens (primary N) is 1. The van der Waals surface area contributed by atoms with E-state index in [4.69, 9.17) is 10.5 Å². The Morgan fingerprint density at radius 1 is 1.33 bits per heavy atom. The summed E-state index contributed by atoms with van der Waals surface area (Å²) in [5.74, 6) is 0.902. The largest absolute Gasteiger partial charge is 0.491 e. The van der Waals surface area contributed by atoms with Gasteiger partial charge in [-0.1, -0.05) is 6.42 Å². The van der Waals surface area contributed by atoms with Gasteiger partial charge in [-0.05, 0) is 25.0 Å². The van der Waals surface area contributed by atoms with Crippen molar-refractivity contribution in [3.63, 3.8) is 0 Å². The predicted octanol–water partition coefficient (Wildman–Crippen LogP) is 2.24. The topological polar surface area (TPSA) is 47.3 Å². The van der Waals surface area contributed by atoms with Gasteiger partial charge in [0.05, 0.1) is 12.3 Å². The van der Waals surface area contributed by atoms with Gasteiger partial charge in [0.25, 0.3) is 0 Å². The summed E-state index contributed by atoms with van der Waals surface area (Å²) in [7, 11) is 0. The highest BCUT2D eigenvalue weighted by Crippen LogP contribution is 2.44. The first-order valence-corrected chi connectivity index (χ1v) is 5.54. The van der Waals surface area contributed by atoms with E-state index in [2.05, 4.69) is 5.32 Å². The Morgan fingerprint density at radius 3 is 2.93 bits per heavy atom. The summed E-state index contributed by atoms with van der Waals surface area (Å²) in [6, 6.07) is 5.82. The fraction of sp³-hybridized carbons (Fsp3) is 0.500. The molecule has 0 bridgehead atoms. The molecule has 3 rings (SSSR count). The summed E-state index contributed by atoms with van der Waals surface area (Å²) in [5.41, 5.74) is 7.96. The average molecular weight is 204 g/mol. The molecule has 1 aromatic carbocycles. The van der Waals surface area contributed by atoms with Crippen LogP contribution in [-0.2, 0) is 0 Å². The fourth-order valence-corrected chi connectivity index (χ4v) is 2.37. The van der Waals surface area contributed by atoms with E-state index in [0.29, 0.717) is 5.41 Å². The van der Waals surface area contributed by atoms with E-state index in [-0.39, 0.29) is 0 Å². The van der Waals surface area contributed by atoms with Crippen molar-refractivity contribution in [2.75, 3.05) is 24.2 Å². The molecule has 0 atom stereocenters. The van der Waals surface area contributed by atoms with Crippen LogP contribution in [0.5, 0.6) is 5.75 Å². The molecule has 1 fully saturated rings. The molecule has 3 nitrogen and oxygen atoms in total. The molecule has 1 aliphatic carbocycles. The molecule has 1 aliphatic heterocycles. The molecule has 1 saturated carbocycles. The van der Waals surface area contributed by atoms with Gasteiger partial charge >= 0.3 is 0 Å². The van der Waals surface area contributed by atoms with E-state index >= 15 is 0 Å². The summed E-state index contributed by atoms with van der Waals surface area (Å²) < 4.78 is 5.84. The van der Waals surface area contributed by atoms with Crippen LogP contribution in [-0.4, -0.2) is 13.2 Å². The number of benzene rings is 1. The SMILES string of the molecule is Nc1ccc2c(c1)OCC1(CCC1)CN2. The number of nitrogens with one attached hydrogen (secondary N) is 1. The highest BCUT2D eigenvalue weighted by Gasteiger charge is 2.39. The third kappa shape index (κ3) is 1.42. The molecule has 15 heavy (non-hydrogen) atoms. The van der Waals surface area contributed by atoms with Crippen molar-refractivity contribution < 1.29 is 4.74 Å². The van der Waals surface area contributed by atoms with E-state index in [0.717, 1.165) is 30.3 Å². The maximum absolute atomic E-state index is 5.84. The Labute approximate surface area is 89.6 Å². The fourth-order valence-electron chi connectivity index (χ4n) is 2.37. The zero-order valence-electron chi connectivity index (χ0n) is 8.75. The van der Waals surface area contributed by atoms with Crippen molar-refractivity contribution in [3.8, 4) is 5.75 Å². The monoisotopic (exact) mass is 204 g/mol. The normalized spacial score (nSPS) is 21.9. The minimum Gasteiger partial charge on any atom is -0.491 e. The Kier molecular flexibility index (Phi) is 1.81. The van der Waals surface area contributed by atoms with Crippen molar-refractivity contribution >= 4 is 11.4 Å². The lowest BCUT2D eigenvalue weighted by atomic mass is 9.69. The van der Waals surface area contributed by atoms with Gasteiger partial charge < -0.3 is 15.8 Å². The van der Waals surface area contributed by atoms with E-state index in [1.807, 2.05) is 18.2 Å². The number of rotatable bonds is 0. The molecular formula is C12H16N2O. The Bertz CT molecular complexity index is 385. The molecule has 2 aliphatic rings. The molecule has 1 heterocycles. The van der Waals surface area contributed by atoms with Gasteiger partial charge in [0.2, 0.25) is 0 Å². The zero-order valence-corrected chi connectivity index (χ0v) is 8.75. The third-order valence-electron chi connectivity index (χ3n) is 3.61. The molecule has 0 radical (unpaired) electrons. The van der Waals surface area contributed by atoms with Gasteiger partial charge in [0.1, 0.15) is 5.75 Å². The first-order valence-electron chi connectivity index (χ1n) is 5.54. The second-order valence-electron chi connectivity index (χ2n) is 4.75. The van der Waals surface area contributed by atoms with Gasteiger partial charge in [-0.3, -0.25) is 0 Å². The maximum Gasteiger partial charge on any atom is 0.144 e. The lowest BCUT2D eigenvalue weighted by molar-refractivity contribution is 0.0766. The minimum atomic E-state index is 0.383. The summed E-state index contributed by atoms with van der Waals surface area (Å²) >= 11 is 0. The highest BCUT2D eigenvalue weighted by molar-refractivity contribution is 5.63. The van der Waals surface area contributed by atoms with E-state index in [1.165, 1.54) is 19.3 Å². The summed E-state index contributed by atoms with van der Waals surface area (Å²) in [6.45, 7) is 1.86. The molecule has 1 aromatic rings. The maximum atomic E-state index is 5.84. The quantitative estimate of drug-likeness (QED) is 0.637. The summed E-state index contributed by atoms with van der Waals surface area (Å²) in [6.07, 6.45) is 3.90. The standard InChI is InChI=1S/C12H16N2O/c13-9-2-3-10-11(6-9)15-8-12(7-14-10)4-1-5-12/h2-3,6,14H,1,4-5,7-8,13H2. The number of ether oxygens (including phenoxy) is 1. The van der Waals surface area contributed by atoms with E-state index in [1.54, 1.807) is 0 Å². The van der Waals surface area contributed by atoms with Crippen molar-refractivity contribution in [2.24, 2.45) is 5.41 Å². The highest BCUT2D eigenvalue weighted by atomic mass is 16.5. The van der Waals surface area contributed by atoms with Crippen LogP contribution in [0.1, 0.15) is 19.3 Å². The lowest BCUT2D eigenvalue weighted by Gasteiger charge is -2.40. The Hall–Kier alpha value is -1.38. The number of hydrogen-bond acceptors (Lipinski definition) is 3. The van der Waals surface area contributed by atoms with Crippen molar-refractivity contribution in [1.82, 2.24) is 0 Å². The summed E-state index contributed by atoms with van der Waals surface area (Å²) in [4.78, 5) is 0. The first kappa shape index (κ1) is 8.89. The first-order chi connectivity index (χ1) is 7.27. The molecule has 80 valence electrons. The molecule has 3 heteroatoms. The van der Waals surface area contributed by atoms with Crippen LogP contribution < -0.4 is 15.8 Å². The molecule has 0 unspecified atom stereocenters. The van der Waals surface area contributed by atoms with Crippen LogP contribution >= 0.6 is 0 Å². The van der Waals surface area contributed by atoms with Gasteiger partial charge in [-0.2, -0.15) is 0 Å². The molecule has 1 spiro atoms. The zero-order chi connectivity index (χ0) is 10.3. The van der Waals surface area contributed by atoms with E-state index < -0.39 is 0 Å². The van der Waals surface area contributed by atoms with Crippen LogP contribution in [0.4, 0.5) is 11.4 Å². The summed E-state index contributed by atoms with van der Waals surface area (Å²) in [5, 5.41) is 3.46. The smallest absolute Gasteiger partial charge is 0.144 e. The molecule has 0 aromatic heterocycles. The Morgan fingerprint density at radius 2 is 2.20 bits per heavy atom. The van der Waals surface area contributed by atoms with Crippen LogP contribution in [0, 0.1) is 5.41 Å². The van der Waals surface area contributed by atoms with Gasteiger partial charge in [0, 0.05) is 23.7 Å². The second kappa shape index (κ2) is 3.05. The van der Waals surface area contributed by atoms with Crippen molar-refractivity contribution in [3.05, 3.63) is 18.2 Å². The van der Waals surface area contributed by atoms with Crippen LogP contribution in [0.2, 0.25) is 0 Å². The minimum absolute atomic E-state index is 0.383. The second-order valence-corrected chi connectivity index (χ2v) is 4.75. The molecule has 3 N–H and O–H groups in total. The average Bonchev–Trinajstić information content (AvgIpc) is 2.36. The number of anilines is 2. The predicted molar refractivity (Wildman–Crippen MR) is 61.1 cm³/mol. The van der Waals surface area contributed by atoms with Gasteiger partial charge in [-0.25, -0.2) is 0 Å². The van der Waals surface area contributed by atoms with Crippen LogP contribution in [0.15, 0.2) is 18.2 Å². The van der Waals surface area contributed by atoms with Gasteiger partial charge in [0.15, 0.2) is 0 Å². The number of hydrogen-bond donors (Lipinski definition) is 2. The number of fused-ring (bicyclic) bond motifs is 1. The molecule has 0 saturated heterocycles. The van der Waals surface area contributed by atoms with Crippen molar-refractivity contribution in [1.29, 1.82) is 0 Å². The van der Waals surface area contributed by atoms with Crippen LogP contribution in [0.3, 0.4) is 0 Å².